The van der Waals surface area contributed by atoms with Crippen molar-refractivity contribution in [2.24, 2.45) is 0 Å². The molecule has 3 rings (SSSR count). The van der Waals surface area contributed by atoms with Gasteiger partial charge in [0, 0.05) is 18.7 Å². The van der Waals surface area contributed by atoms with Crippen LogP contribution in [0.1, 0.15) is 27.7 Å². The van der Waals surface area contributed by atoms with Crippen molar-refractivity contribution in [3.8, 4) is 15.6 Å². The lowest BCUT2D eigenvalue weighted by Crippen LogP contribution is -2.45. The lowest BCUT2D eigenvalue weighted by atomic mass is 10.1. The average Bonchev–Trinajstić information content (AvgIpc) is 3.10. The molecule has 0 aliphatic carbocycles. The third-order valence-corrected chi connectivity index (χ3v) is 4.67. The Hall–Kier alpha value is -2.87. The van der Waals surface area contributed by atoms with Crippen LogP contribution in [0, 0.1) is 0 Å². The maximum atomic E-state index is 12.5. The molecule has 8 heteroatoms. The molecular weight excluding hydrogens is 354 g/mol. The van der Waals surface area contributed by atoms with Gasteiger partial charge in [-0.2, -0.15) is 0 Å². The second-order valence-electron chi connectivity index (χ2n) is 6.72. The molecular formula is C18H19N3O4S. The predicted molar refractivity (Wildman–Crippen MR) is 100 cm³/mol. The van der Waals surface area contributed by atoms with Crippen LogP contribution in [0.4, 0.5) is 10.6 Å². The number of anilines is 1. The molecule has 0 radical (unpaired) electrons. The van der Waals surface area contributed by atoms with Gasteiger partial charge in [-0.1, -0.05) is 17.4 Å². The summed E-state index contributed by atoms with van der Waals surface area (Å²) in [4.78, 5) is 30.3. The largest absolute Gasteiger partial charge is 0.512 e. The first-order valence-electron chi connectivity index (χ1n) is 7.97. The van der Waals surface area contributed by atoms with E-state index in [2.05, 4.69) is 4.98 Å². The van der Waals surface area contributed by atoms with Gasteiger partial charge in [0.25, 0.3) is 0 Å². The first-order chi connectivity index (χ1) is 12.2. The van der Waals surface area contributed by atoms with E-state index in [4.69, 9.17) is 9.84 Å². The molecule has 0 atom stereocenters. The van der Waals surface area contributed by atoms with Crippen molar-refractivity contribution < 1.29 is 19.4 Å². The fourth-order valence-corrected chi connectivity index (χ4v) is 3.72. The smallest absolute Gasteiger partial charge is 0.449 e. The predicted octanol–water partition coefficient (Wildman–Crippen LogP) is 4.27. The summed E-state index contributed by atoms with van der Waals surface area (Å²) in [6.45, 7) is 7.38. The molecule has 0 aromatic carbocycles. The van der Waals surface area contributed by atoms with Crippen LogP contribution >= 0.6 is 11.3 Å². The Kier molecular flexibility index (Phi) is 4.45. The molecule has 0 bridgehead atoms. The fraction of sp³-hybridized carbons (Fsp3) is 0.278. The van der Waals surface area contributed by atoms with Gasteiger partial charge in [-0.05, 0) is 45.0 Å². The van der Waals surface area contributed by atoms with Crippen LogP contribution in [0.2, 0.25) is 0 Å². The van der Waals surface area contributed by atoms with Crippen LogP contribution in [0.15, 0.2) is 36.5 Å². The molecule has 7 nitrogen and oxygen atoms in total. The van der Waals surface area contributed by atoms with E-state index in [-0.39, 0.29) is 11.0 Å². The molecule has 1 amide bonds. The second kappa shape index (κ2) is 6.45. The Balaban J connectivity index is 2.24. The van der Waals surface area contributed by atoms with Crippen molar-refractivity contribution in [2.75, 3.05) is 4.90 Å². The molecule has 0 unspecified atom stereocenters. The number of aromatic nitrogens is 2. The number of carboxylic acid groups (broad SMARTS) is 1. The van der Waals surface area contributed by atoms with Crippen LogP contribution in [-0.2, 0) is 4.79 Å². The number of ether oxygens (including phenoxy) is 1. The molecule has 0 saturated heterocycles. The summed E-state index contributed by atoms with van der Waals surface area (Å²) in [5.41, 5.74) is 0.831. The van der Waals surface area contributed by atoms with Crippen molar-refractivity contribution in [3.63, 3.8) is 0 Å². The maximum absolute atomic E-state index is 12.5. The van der Waals surface area contributed by atoms with Gasteiger partial charge in [0.2, 0.25) is 5.91 Å². The van der Waals surface area contributed by atoms with Crippen molar-refractivity contribution in [1.82, 2.24) is 9.38 Å². The number of hydrogen-bond donors (Lipinski definition) is 1. The van der Waals surface area contributed by atoms with Gasteiger partial charge in [-0.25, -0.2) is 9.78 Å². The normalized spacial score (nSPS) is 11.5. The number of amides is 1. The zero-order valence-electron chi connectivity index (χ0n) is 14.9. The van der Waals surface area contributed by atoms with Gasteiger partial charge < -0.3 is 9.84 Å². The average molecular weight is 373 g/mol. The van der Waals surface area contributed by atoms with Crippen LogP contribution in [0.5, 0.6) is 5.06 Å². The zero-order valence-corrected chi connectivity index (χ0v) is 15.7. The number of hydrogen-bond acceptors (Lipinski definition) is 5. The molecule has 3 aromatic rings. The molecule has 1 N–H and O–H groups in total. The minimum atomic E-state index is -1.37. The molecule has 3 aromatic heterocycles. The van der Waals surface area contributed by atoms with Crippen LogP contribution in [-0.4, -0.2) is 32.1 Å². The number of pyridine rings is 1. The molecule has 0 aliphatic rings. The Morgan fingerprint density at radius 3 is 2.58 bits per heavy atom. The van der Waals surface area contributed by atoms with E-state index >= 15 is 0 Å². The summed E-state index contributed by atoms with van der Waals surface area (Å²) in [7, 11) is 0. The zero-order chi connectivity index (χ0) is 19.1. The first kappa shape index (κ1) is 17.9. The van der Waals surface area contributed by atoms with Crippen molar-refractivity contribution in [1.29, 1.82) is 0 Å². The van der Waals surface area contributed by atoms with Crippen LogP contribution in [0.25, 0.3) is 16.2 Å². The number of nitrogens with zero attached hydrogens (tertiary/aromatic N) is 3. The Morgan fingerprint density at radius 2 is 1.96 bits per heavy atom. The van der Waals surface area contributed by atoms with Gasteiger partial charge in [-0.3, -0.25) is 14.1 Å². The molecule has 0 aliphatic heterocycles. The SMILES string of the molecule is CC(=O)N(c1c(-c2ccc(OC(=O)O)s2)nc2ccccn12)C(C)(C)C. The lowest BCUT2D eigenvalue weighted by molar-refractivity contribution is -0.117. The molecule has 136 valence electrons. The highest BCUT2D eigenvalue weighted by Gasteiger charge is 2.32. The van der Waals surface area contributed by atoms with Gasteiger partial charge in [0.05, 0.1) is 4.88 Å². The van der Waals surface area contributed by atoms with E-state index in [0.29, 0.717) is 17.2 Å². The minimum absolute atomic E-state index is 0.108. The van der Waals surface area contributed by atoms with E-state index in [0.717, 1.165) is 4.88 Å². The summed E-state index contributed by atoms with van der Waals surface area (Å²) in [5, 5.41) is 9.05. The maximum Gasteiger partial charge on any atom is 0.512 e. The standard InChI is InChI=1S/C18H19N3O4S/c1-11(22)21(18(2,3)4)16-15(19-13-7-5-6-10-20(13)16)12-8-9-14(26-12)25-17(23)24/h5-10H,1-4H3,(H,23,24). The van der Waals surface area contributed by atoms with Crippen LogP contribution < -0.4 is 9.64 Å². The van der Waals surface area contributed by atoms with Gasteiger partial charge in [0.1, 0.15) is 17.2 Å². The third kappa shape index (κ3) is 3.28. The summed E-state index contributed by atoms with van der Waals surface area (Å²) in [6, 6.07) is 8.93. The molecule has 0 spiro atoms. The fourth-order valence-electron chi connectivity index (χ4n) is 2.89. The third-order valence-electron chi connectivity index (χ3n) is 3.70. The van der Waals surface area contributed by atoms with E-state index in [1.54, 1.807) is 17.0 Å². The van der Waals surface area contributed by atoms with Crippen molar-refractivity contribution >= 4 is 34.9 Å². The second-order valence-corrected chi connectivity index (χ2v) is 7.77. The lowest BCUT2D eigenvalue weighted by Gasteiger charge is -2.34. The summed E-state index contributed by atoms with van der Waals surface area (Å²) in [5.74, 6) is 0.535. The first-order valence-corrected chi connectivity index (χ1v) is 8.79. The van der Waals surface area contributed by atoms with Crippen molar-refractivity contribution in [3.05, 3.63) is 36.5 Å². The van der Waals surface area contributed by atoms with E-state index < -0.39 is 11.7 Å². The molecule has 3 heterocycles. The molecule has 26 heavy (non-hydrogen) atoms. The Bertz CT molecular complexity index is 984. The quantitative estimate of drug-likeness (QED) is 0.693. The Labute approximate surface area is 154 Å². The summed E-state index contributed by atoms with van der Waals surface area (Å²) >= 11 is 1.17. The van der Waals surface area contributed by atoms with Crippen LogP contribution in [0.3, 0.4) is 0 Å². The van der Waals surface area contributed by atoms with E-state index in [9.17, 15) is 9.59 Å². The molecule has 0 fully saturated rings. The number of carbonyl (C=O) groups excluding carboxylic acids is 1. The van der Waals surface area contributed by atoms with E-state index in [1.165, 1.54) is 18.3 Å². The summed E-state index contributed by atoms with van der Waals surface area (Å²) in [6.07, 6.45) is 0.485. The Morgan fingerprint density at radius 1 is 1.23 bits per heavy atom. The van der Waals surface area contributed by atoms with E-state index in [1.807, 2.05) is 49.6 Å². The minimum Gasteiger partial charge on any atom is -0.449 e. The highest BCUT2D eigenvalue weighted by molar-refractivity contribution is 7.17. The highest BCUT2D eigenvalue weighted by atomic mass is 32.1. The highest BCUT2D eigenvalue weighted by Crippen LogP contribution is 2.40. The number of fused-ring (bicyclic) bond motifs is 1. The molecule has 0 saturated carbocycles. The number of imidazole rings is 1. The van der Waals surface area contributed by atoms with Gasteiger partial charge in [-0.15, -0.1) is 0 Å². The topological polar surface area (TPSA) is 84.1 Å². The number of rotatable bonds is 3. The van der Waals surface area contributed by atoms with Crippen molar-refractivity contribution in [2.45, 2.75) is 33.2 Å². The van der Waals surface area contributed by atoms with Gasteiger partial charge in [0.15, 0.2) is 5.06 Å². The summed E-state index contributed by atoms with van der Waals surface area (Å²) < 4.78 is 6.59. The number of thiophene rings is 1. The van der Waals surface area contributed by atoms with Gasteiger partial charge >= 0.3 is 6.16 Å². The number of carbonyl (C=O) groups is 2. The monoisotopic (exact) mass is 373 g/mol.